The molecule has 0 aromatic rings. The molecule has 0 radical (unpaired) electrons. The number of nitrogens with zero attached hydrogens (tertiary/aromatic N) is 1. The predicted molar refractivity (Wildman–Crippen MR) is 69.9 cm³/mol. The molecule has 2 saturated heterocycles. The maximum absolute atomic E-state index is 11.6. The van der Waals surface area contributed by atoms with Crippen molar-refractivity contribution in [2.24, 2.45) is 0 Å². The Labute approximate surface area is 105 Å². The second-order valence-electron chi connectivity index (χ2n) is 5.28. The van der Waals surface area contributed by atoms with Gasteiger partial charge in [-0.1, -0.05) is 6.92 Å². The van der Waals surface area contributed by atoms with Crippen molar-refractivity contribution >= 4 is 9.84 Å². The van der Waals surface area contributed by atoms with Gasteiger partial charge in [0.1, 0.15) is 0 Å². The number of piperidine rings is 1. The van der Waals surface area contributed by atoms with Gasteiger partial charge in [-0.15, -0.1) is 0 Å². The minimum absolute atomic E-state index is 0.288. The van der Waals surface area contributed by atoms with Crippen LogP contribution in [0.2, 0.25) is 0 Å². The maximum Gasteiger partial charge on any atom is 0.151 e. The van der Waals surface area contributed by atoms with Crippen molar-refractivity contribution in [1.29, 1.82) is 0 Å². The summed E-state index contributed by atoms with van der Waals surface area (Å²) in [6, 6.07) is 0.924. The van der Waals surface area contributed by atoms with Gasteiger partial charge in [-0.2, -0.15) is 0 Å². The van der Waals surface area contributed by atoms with Crippen molar-refractivity contribution in [1.82, 2.24) is 10.2 Å². The molecule has 0 aromatic heterocycles. The average molecular weight is 260 g/mol. The Morgan fingerprint density at radius 3 is 2.53 bits per heavy atom. The van der Waals surface area contributed by atoms with Crippen molar-refractivity contribution in [3.63, 3.8) is 0 Å². The molecule has 1 atom stereocenters. The number of hydrogen-bond acceptors (Lipinski definition) is 4. The molecular weight excluding hydrogens is 236 g/mol. The summed E-state index contributed by atoms with van der Waals surface area (Å²) in [4.78, 5) is 2.39. The van der Waals surface area contributed by atoms with E-state index >= 15 is 0 Å². The van der Waals surface area contributed by atoms with Crippen LogP contribution in [0.3, 0.4) is 0 Å². The first-order valence-corrected chi connectivity index (χ1v) is 8.61. The van der Waals surface area contributed by atoms with Crippen molar-refractivity contribution in [3.05, 3.63) is 0 Å². The lowest BCUT2D eigenvalue weighted by Gasteiger charge is -2.39. The standard InChI is InChI=1S/C12H24N2O2S/c1-2-13-11-5-7-14(8-6-11)12-4-3-9-17(15,16)10-12/h11-13H,2-10H2,1H3. The van der Waals surface area contributed by atoms with E-state index in [1.54, 1.807) is 0 Å². The van der Waals surface area contributed by atoms with Gasteiger partial charge in [-0.05, 0) is 45.3 Å². The molecule has 4 nitrogen and oxygen atoms in total. The summed E-state index contributed by atoms with van der Waals surface area (Å²) in [5, 5.41) is 3.48. The molecule has 1 unspecified atom stereocenters. The quantitative estimate of drug-likeness (QED) is 0.809. The first-order chi connectivity index (χ1) is 8.11. The van der Waals surface area contributed by atoms with E-state index in [2.05, 4.69) is 17.1 Å². The lowest BCUT2D eigenvalue weighted by Crippen LogP contribution is -2.50. The normalized spacial score (nSPS) is 31.5. The molecule has 100 valence electrons. The number of likely N-dealkylation sites (tertiary alicyclic amines) is 1. The Hall–Kier alpha value is -0.130. The van der Waals surface area contributed by atoms with Crippen LogP contribution in [0.15, 0.2) is 0 Å². The molecule has 0 bridgehead atoms. The summed E-state index contributed by atoms with van der Waals surface area (Å²) < 4.78 is 23.3. The Balaban J connectivity index is 1.84. The van der Waals surface area contributed by atoms with Gasteiger partial charge in [0, 0.05) is 12.1 Å². The third-order valence-corrected chi connectivity index (χ3v) is 5.78. The van der Waals surface area contributed by atoms with Crippen LogP contribution in [0.1, 0.15) is 32.6 Å². The van der Waals surface area contributed by atoms with E-state index in [0.717, 1.165) is 45.3 Å². The van der Waals surface area contributed by atoms with Crippen LogP contribution in [0, 0.1) is 0 Å². The van der Waals surface area contributed by atoms with E-state index in [1.807, 2.05) is 0 Å². The van der Waals surface area contributed by atoms with Crippen molar-refractivity contribution in [2.45, 2.75) is 44.7 Å². The molecule has 2 heterocycles. The smallest absolute Gasteiger partial charge is 0.151 e. The highest BCUT2D eigenvalue weighted by atomic mass is 32.2. The first-order valence-electron chi connectivity index (χ1n) is 6.78. The van der Waals surface area contributed by atoms with E-state index in [4.69, 9.17) is 0 Å². The van der Waals surface area contributed by atoms with Crippen LogP contribution >= 0.6 is 0 Å². The number of sulfone groups is 1. The fourth-order valence-electron chi connectivity index (χ4n) is 3.04. The Morgan fingerprint density at radius 2 is 1.94 bits per heavy atom. The fraction of sp³-hybridized carbons (Fsp3) is 1.00. The molecule has 0 aromatic carbocycles. The van der Waals surface area contributed by atoms with Crippen LogP contribution in [-0.2, 0) is 9.84 Å². The van der Waals surface area contributed by atoms with Gasteiger partial charge in [0.25, 0.3) is 0 Å². The molecule has 1 N–H and O–H groups in total. The average Bonchev–Trinajstić information content (AvgIpc) is 2.29. The van der Waals surface area contributed by atoms with Gasteiger partial charge < -0.3 is 5.32 Å². The van der Waals surface area contributed by atoms with Crippen LogP contribution in [0.5, 0.6) is 0 Å². The Kier molecular flexibility index (Phi) is 4.44. The fourth-order valence-corrected chi connectivity index (χ4v) is 4.78. The van der Waals surface area contributed by atoms with E-state index in [-0.39, 0.29) is 6.04 Å². The lowest BCUT2D eigenvalue weighted by atomic mass is 10.0. The summed E-state index contributed by atoms with van der Waals surface area (Å²) in [6.45, 7) is 5.28. The van der Waals surface area contributed by atoms with Crippen LogP contribution in [0.25, 0.3) is 0 Å². The van der Waals surface area contributed by atoms with Gasteiger partial charge >= 0.3 is 0 Å². The van der Waals surface area contributed by atoms with E-state index < -0.39 is 9.84 Å². The molecule has 2 rings (SSSR count). The zero-order valence-corrected chi connectivity index (χ0v) is 11.5. The summed E-state index contributed by atoms with van der Waals surface area (Å²) in [5.41, 5.74) is 0. The van der Waals surface area contributed by atoms with Crippen LogP contribution < -0.4 is 5.32 Å². The summed E-state index contributed by atoms with van der Waals surface area (Å²) in [6.07, 6.45) is 4.22. The summed E-state index contributed by atoms with van der Waals surface area (Å²) >= 11 is 0. The molecule has 2 aliphatic heterocycles. The molecule has 2 aliphatic rings. The zero-order valence-electron chi connectivity index (χ0n) is 10.7. The topological polar surface area (TPSA) is 49.4 Å². The molecule has 0 spiro atoms. The highest BCUT2D eigenvalue weighted by Crippen LogP contribution is 2.21. The van der Waals surface area contributed by atoms with Crippen LogP contribution in [-0.4, -0.2) is 56.5 Å². The Bertz CT molecular complexity index is 334. The van der Waals surface area contributed by atoms with Gasteiger partial charge in [-0.25, -0.2) is 8.42 Å². The van der Waals surface area contributed by atoms with Crippen molar-refractivity contribution < 1.29 is 8.42 Å². The first kappa shape index (κ1) is 13.3. The van der Waals surface area contributed by atoms with E-state index in [9.17, 15) is 8.42 Å². The van der Waals surface area contributed by atoms with Gasteiger partial charge in [0.2, 0.25) is 0 Å². The maximum atomic E-state index is 11.6. The van der Waals surface area contributed by atoms with E-state index in [0.29, 0.717) is 17.5 Å². The molecule has 0 aliphatic carbocycles. The second kappa shape index (κ2) is 5.67. The number of hydrogen-bond donors (Lipinski definition) is 1. The molecule has 5 heteroatoms. The van der Waals surface area contributed by atoms with Gasteiger partial charge in [0.15, 0.2) is 9.84 Å². The van der Waals surface area contributed by atoms with E-state index in [1.165, 1.54) is 0 Å². The SMILES string of the molecule is CCNC1CCN(C2CCCS(=O)(=O)C2)CC1. The highest BCUT2D eigenvalue weighted by molar-refractivity contribution is 7.91. The zero-order chi connectivity index (χ0) is 12.3. The lowest BCUT2D eigenvalue weighted by molar-refractivity contribution is 0.145. The molecular formula is C12H24N2O2S. The number of rotatable bonds is 3. The predicted octanol–water partition coefficient (Wildman–Crippen LogP) is 0.638. The molecule has 0 amide bonds. The monoisotopic (exact) mass is 260 g/mol. The number of nitrogens with one attached hydrogen (secondary N) is 1. The van der Waals surface area contributed by atoms with Gasteiger partial charge in [-0.3, -0.25) is 4.90 Å². The minimum atomic E-state index is -2.76. The molecule has 17 heavy (non-hydrogen) atoms. The van der Waals surface area contributed by atoms with Crippen molar-refractivity contribution in [3.8, 4) is 0 Å². The highest BCUT2D eigenvalue weighted by Gasteiger charge is 2.31. The summed E-state index contributed by atoms with van der Waals surface area (Å²) in [7, 11) is -2.76. The van der Waals surface area contributed by atoms with Crippen molar-refractivity contribution in [2.75, 3.05) is 31.1 Å². The third-order valence-electron chi connectivity index (χ3n) is 3.98. The van der Waals surface area contributed by atoms with Crippen LogP contribution in [0.4, 0.5) is 0 Å². The largest absolute Gasteiger partial charge is 0.314 e. The second-order valence-corrected chi connectivity index (χ2v) is 7.51. The molecule has 0 saturated carbocycles. The van der Waals surface area contributed by atoms with Gasteiger partial charge in [0.05, 0.1) is 11.5 Å². The minimum Gasteiger partial charge on any atom is -0.314 e. The third kappa shape index (κ3) is 3.66. The Morgan fingerprint density at radius 1 is 1.24 bits per heavy atom. The molecule has 2 fully saturated rings. The summed E-state index contributed by atoms with van der Waals surface area (Å²) in [5.74, 6) is 0.788.